The van der Waals surface area contributed by atoms with Crippen molar-refractivity contribution < 1.29 is 23.1 Å². The lowest BCUT2D eigenvalue weighted by atomic mass is 10.00. The molecule has 9 heteroatoms. The first kappa shape index (κ1) is 17.8. The SMILES string of the molecule is O=C(O)Cc1ncc(C(F)(F)F)cc1-c1ccc(Cl)c(Cl)c1Cl. The molecule has 3 nitrogen and oxygen atoms in total. The average Bonchev–Trinajstić information content (AvgIpc) is 2.44. The second-order valence-corrected chi connectivity index (χ2v) is 5.67. The van der Waals surface area contributed by atoms with Crippen LogP contribution in [0.2, 0.25) is 15.1 Å². The highest BCUT2D eigenvalue weighted by Gasteiger charge is 2.32. The van der Waals surface area contributed by atoms with Crippen molar-refractivity contribution in [3.8, 4) is 11.1 Å². The Morgan fingerprint density at radius 3 is 2.35 bits per heavy atom. The third kappa shape index (κ3) is 3.88. The van der Waals surface area contributed by atoms with Gasteiger partial charge in [0.05, 0.1) is 32.7 Å². The topological polar surface area (TPSA) is 50.2 Å². The molecule has 1 aromatic carbocycles. The number of pyridine rings is 1. The van der Waals surface area contributed by atoms with E-state index in [2.05, 4.69) is 4.98 Å². The zero-order valence-electron chi connectivity index (χ0n) is 11.1. The van der Waals surface area contributed by atoms with Crippen molar-refractivity contribution in [2.24, 2.45) is 0 Å². The van der Waals surface area contributed by atoms with Gasteiger partial charge in [-0.15, -0.1) is 0 Å². The van der Waals surface area contributed by atoms with Crippen LogP contribution in [0.5, 0.6) is 0 Å². The molecule has 0 unspecified atom stereocenters. The van der Waals surface area contributed by atoms with Gasteiger partial charge in [0.2, 0.25) is 0 Å². The van der Waals surface area contributed by atoms with Crippen LogP contribution < -0.4 is 0 Å². The number of nitrogens with zero attached hydrogens (tertiary/aromatic N) is 1. The Kier molecular flexibility index (Phi) is 5.08. The molecule has 1 N–H and O–H groups in total. The van der Waals surface area contributed by atoms with Gasteiger partial charge in [-0.25, -0.2) is 0 Å². The molecule has 0 bridgehead atoms. The standard InChI is InChI=1S/C14H7Cl3F3NO2/c15-9-2-1-7(12(16)13(9)17)8-3-6(14(18,19)20)5-21-10(8)4-11(22)23/h1-3,5H,4H2,(H,22,23). The monoisotopic (exact) mass is 383 g/mol. The molecule has 0 aliphatic heterocycles. The van der Waals surface area contributed by atoms with E-state index in [0.717, 1.165) is 6.07 Å². The molecule has 0 spiro atoms. The number of benzene rings is 1. The van der Waals surface area contributed by atoms with Crippen molar-refractivity contribution >= 4 is 40.8 Å². The number of aromatic nitrogens is 1. The van der Waals surface area contributed by atoms with Crippen LogP contribution in [0.1, 0.15) is 11.3 Å². The van der Waals surface area contributed by atoms with Crippen molar-refractivity contribution in [3.05, 3.63) is 50.7 Å². The smallest absolute Gasteiger partial charge is 0.417 e. The van der Waals surface area contributed by atoms with E-state index in [1.54, 1.807) is 0 Å². The van der Waals surface area contributed by atoms with Gasteiger partial charge in [-0.2, -0.15) is 13.2 Å². The van der Waals surface area contributed by atoms with Crippen molar-refractivity contribution in [2.45, 2.75) is 12.6 Å². The van der Waals surface area contributed by atoms with Crippen LogP contribution in [-0.2, 0) is 17.4 Å². The maximum atomic E-state index is 12.9. The first-order valence-electron chi connectivity index (χ1n) is 6.03. The van der Waals surface area contributed by atoms with Crippen molar-refractivity contribution in [2.75, 3.05) is 0 Å². The van der Waals surface area contributed by atoms with E-state index in [1.165, 1.54) is 12.1 Å². The molecule has 2 aromatic rings. The number of hydrogen-bond donors (Lipinski definition) is 1. The molecule has 1 aromatic heterocycles. The maximum absolute atomic E-state index is 12.9. The van der Waals surface area contributed by atoms with Gasteiger partial charge < -0.3 is 5.11 Å². The van der Waals surface area contributed by atoms with Crippen LogP contribution >= 0.6 is 34.8 Å². The zero-order valence-corrected chi connectivity index (χ0v) is 13.4. The molecular formula is C14H7Cl3F3NO2. The van der Waals surface area contributed by atoms with Crippen LogP contribution in [0.25, 0.3) is 11.1 Å². The lowest BCUT2D eigenvalue weighted by Gasteiger charge is -2.14. The van der Waals surface area contributed by atoms with Gasteiger partial charge in [0.1, 0.15) is 0 Å². The molecule has 0 atom stereocenters. The first-order valence-corrected chi connectivity index (χ1v) is 7.16. The van der Waals surface area contributed by atoms with Gasteiger partial charge in [0, 0.05) is 17.3 Å². The van der Waals surface area contributed by atoms with Crippen LogP contribution in [0, 0.1) is 0 Å². The molecule has 1 heterocycles. The lowest BCUT2D eigenvalue weighted by molar-refractivity contribution is -0.137. The molecule has 23 heavy (non-hydrogen) atoms. The van der Waals surface area contributed by atoms with E-state index in [0.29, 0.717) is 6.20 Å². The van der Waals surface area contributed by atoms with E-state index in [1.807, 2.05) is 0 Å². The molecule has 0 saturated carbocycles. The Labute approximate surface area is 143 Å². The van der Waals surface area contributed by atoms with E-state index >= 15 is 0 Å². The lowest BCUT2D eigenvalue weighted by Crippen LogP contribution is -2.10. The summed E-state index contributed by atoms with van der Waals surface area (Å²) in [5.74, 6) is -1.24. The van der Waals surface area contributed by atoms with Gasteiger partial charge in [-0.3, -0.25) is 9.78 Å². The fourth-order valence-corrected chi connectivity index (χ4v) is 2.54. The highest BCUT2D eigenvalue weighted by molar-refractivity contribution is 6.49. The van der Waals surface area contributed by atoms with Crippen molar-refractivity contribution in [1.29, 1.82) is 0 Å². The summed E-state index contributed by atoms with van der Waals surface area (Å²) in [6.07, 6.45) is -4.62. The second-order valence-electron chi connectivity index (χ2n) is 4.51. The minimum absolute atomic E-state index is 0.0375. The summed E-state index contributed by atoms with van der Waals surface area (Å²) in [6, 6.07) is 3.51. The molecular weight excluding hydrogens is 378 g/mol. The third-order valence-electron chi connectivity index (χ3n) is 2.94. The summed E-state index contributed by atoms with van der Waals surface area (Å²) >= 11 is 17.7. The van der Waals surface area contributed by atoms with E-state index in [-0.39, 0.29) is 31.9 Å². The molecule has 2 rings (SSSR count). The Balaban J connectivity index is 2.71. The summed E-state index contributed by atoms with van der Waals surface area (Å²) in [6.45, 7) is 0. The summed E-state index contributed by atoms with van der Waals surface area (Å²) in [4.78, 5) is 14.5. The highest BCUT2D eigenvalue weighted by atomic mass is 35.5. The maximum Gasteiger partial charge on any atom is 0.417 e. The van der Waals surface area contributed by atoms with Crippen LogP contribution in [0.15, 0.2) is 24.4 Å². The van der Waals surface area contributed by atoms with Gasteiger partial charge in [0.25, 0.3) is 0 Å². The molecule has 0 fully saturated rings. The summed E-state index contributed by atoms with van der Waals surface area (Å²) in [5.41, 5.74) is -1.03. The summed E-state index contributed by atoms with van der Waals surface area (Å²) in [7, 11) is 0. The highest BCUT2D eigenvalue weighted by Crippen LogP contribution is 2.40. The molecule has 122 valence electrons. The van der Waals surface area contributed by atoms with Crippen molar-refractivity contribution in [3.63, 3.8) is 0 Å². The molecule has 0 aliphatic carbocycles. The van der Waals surface area contributed by atoms with Crippen LogP contribution in [-0.4, -0.2) is 16.1 Å². The van der Waals surface area contributed by atoms with Gasteiger partial charge in [0.15, 0.2) is 0 Å². The van der Waals surface area contributed by atoms with Gasteiger partial charge in [-0.05, 0) is 12.1 Å². The number of carboxylic acids is 1. The molecule has 0 aliphatic rings. The zero-order chi connectivity index (χ0) is 17.4. The largest absolute Gasteiger partial charge is 0.481 e. The molecule has 0 saturated heterocycles. The quantitative estimate of drug-likeness (QED) is 0.725. The van der Waals surface area contributed by atoms with Gasteiger partial charge in [-0.1, -0.05) is 40.9 Å². The Hall–Kier alpha value is -1.50. The number of rotatable bonds is 3. The number of aliphatic carboxylic acids is 1. The summed E-state index contributed by atoms with van der Waals surface area (Å²) in [5, 5.41) is 8.90. The number of hydrogen-bond acceptors (Lipinski definition) is 2. The first-order chi connectivity index (χ1) is 10.6. The Morgan fingerprint density at radius 2 is 1.78 bits per heavy atom. The predicted octanol–water partition coefficient (Wildman–Crippen LogP) is 5.35. The van der Waals surface area contributed by atoms with Crippen LogP contribution in [0.4, 0.5) is 13.2 Å². The fraction of sp³-hybridized carbons (Fsp3) is 0.143. The fourth-order valence-electron chi connectivity index (χ4n) is 1.90. The number of alkyl halides is 3. The van der Waals surface area contributed by atoms with E-state index in [9.17, 15) is 18.0 Å². The summed E-state index contributed by atoms with van der Waals surface area (Å²) < 4.78 is 38.7. The minimum Gasteiger partial charge on any atom is -0.481 e. The van der Waals surface area contributed by atoms with E-state index < -0.39 is 24.1 Å². The van der Waals surface area contributed by atoms with Crippen molar-refractivity contribution in [1.82, 2.24) is 4.98 Å². The van der Waals surface area contributed by atoms with Gasteiger partial charge >= 0.3 is 12.1 Å². The predicted molar refractivity (Wildman–Crippen MR) is 81.0 cm³/mol. The second kappa shape index (κ2) is 6.55. The third-order valence-corrected chi connectivity index (χ3v) is 4.24. The Bertz CT molecular complexity index is 779. The minimum atomic E-state index is -4.63. The number of carbonyl (C=O) groups is 1. The molecule has 0 radical (unpaired) electrons. The Morgan fingerprint density at radius 1 is 1.13 bits per heavy atom. The average molecular weight is 385 g/mol. The number of carboxylic acid groups (broad SMARTS) is 1. The number of halogens is 6. The molecule has 0 amide bonds. The van der Waals surface area contributed by atoms with Crippen LogP contribution in [0.3, 0.4) is 0 Å². The normalized spacial score (nSPS) is 11.6. The van der Waals surface area contributed by atoms with E-state index in [4.69, 9.17) is 39.9 Å².